The summed E-state index contributed by atoms with van der Waals surface area (Å²) in [6.45, 7) is 2.16. The Morgan fingerprint density at radius 3 is 2.04 bits per heavy atom. The van der Waals surface area contributed by atoms with E-state index in [4.69, 9.17) is 4.74 Å². The third-order valence-corrected chi connectivity index (χ3v) is 4.20. The summed E-state index contributed by atoms with van der Waals surface area (Å²) in [4.78, 5) is 11.6. The maximum absolute atomic E-state index is 11.6. The van der Waals surface area contributed by atoms with Crippen LogP contribution in [0.4, 0.5) is 0 Å². The summed E-state index contributed by atoms with van der Waals surface area (Å²) in [5, 5.41) is 9.51. The standard InChI is InChI=1S/C24H22O3/c1-2-6-18-9-13-21(14-10-18)27-22-15-11-19(12-16-22)17-23(24(25)26)20-7-4-3-5-8-20/h3-5,7-17H,2,6H2,1H3,(H,25,26)/b23-17+. The molecule has 0 saturated carbocycles. The van der Waals surface area contributed by atoms with Gasteiger partial charge >= 0.3 is 5.97 Å². The van der Waals surface area contributed by atoms with Gasteiger partial charge in [-0.15, -0.1) is 0 Å². The molecule has 0 unspecified atom stereocenters. The van der Waals surface area contributed by atoms with Gasteiger partial charge in [-0.1, -0.05) is 67.9 Å². The lowest BCUT2D eigenvalue weighted by Gasteiger charge is -2.07. The fourth-order valence-electron chi connectivity index (χ4n) is 2.83. The Morgan fingerprint density at radius 1 is 0.889 bits per heavy atom. The summed E-state index contributed by atoms with van der Waals surface area (Å²) in [7, 11) is 0. The molecule has 0 heterocycles. The molecule has 3 aromatic rings. The van der Waals surface area contributed by atoms with E-state index in [1.54, 1.807) is 18.2 Å². The second-order valence-electron chi connectivity index (χ2n) is 6.29. The molecule has 0 aliphatic heterocycles. The van der Waals surface area contributed by atoms with E-state index < -0.39 is 5.97 Å². The Bertz CT molecular complexity index is 908. The summed E-state index contributed by atoms with van der Waals surface area (Å²) < 4.78 is 5.87. The lowest BCUT2D eigenvalue weighted by atomic mass is 10.0. The number of hydrogen-bond acceptors (Lipinski definition) is 2. The van der Waals surface area contributed by atoms with E-state index in [2.05, 4.69) is 19.1 Å². The molecular weight excluding hydrogens is 336 g/mol. The zero-order valence-corrected chi connectivity index (χ0v) is 15.3. The van der Waals surface area contributed by atoms with Crippen molar-refractivity contribution >= 4 is 17.6 Å². The second kappa shape index (κ2) is 8.86. The average Bonchev–Trinajstić information content (AvgIpc) is 2.69. The molecule has 27 heavy (non-hydrogen) atoms. The van der Waals surface area contributed by atoms with Crippen LogP contribution in [-0.4, -0.2) is 11.1 Å². The van der Waals surface area contributed by atoms with E-state index in [1.165, 1.54) is 5.56 Å². The Kier molecular flexibility index (Phi) is 6.06. The highest BCUT2D eigenvalue weighted by atomic mass is 16.5. The SMILES string of the molecule is CCCc1ccc(Oc2ccc(/C=C(/C(=O)O)c3ccccc3)cc2)cc1. The van der Waals surface area contributed by atoms with Gasteiger partial charge in [-0.3, -0.25) is 0 Å². The maximum Gasteiger partial charge on any atom is 0.336 e. The highest BCUT2D eigenvalue weighted by Crippen LogP contribution is 2.24. The smallest absolute Gasteiger partial charge is 0.336 e. The van der Waals surface area contributed by atoms with Crippen LogP contribution >= 0.6 is 0 Å². The van der Waals surface area contributed by atoms with Crippen LogP contribution in [0.5, 0.6) is 11.5 Å². The van der Waals surface area contributed by atoms with Crippen LogP contribution < -0.4 is 4.74 Å². The fourth-order valence-corrected chi connectivity index (χ4v) is 2.83. The van der Waals surface area contributed by atoms with E-state index in [1.807, 2.05) is 54.6 Å². The maximum atomic E-state index is 11.6. The molecule has 3 rings (SSSR count). The molecular formula is C24H22O3. The summed E-state index contributed by atoms with van der Waals surface area (Å²) in [5.41, 5.74) is 3.04. The first-order valence-corrected chi connectivity index (χ1v) is 9.03. The van der Waals surface area contributed by atoms with Crippen molar-refractivity contribution in [3.63, 3.8) is 0 Å². The topological polar surface area (TPSA) is 46.5 Å². The third kappa shape index (κ3) is 5.08. The molecule has 0 aliphatic carbocycles. The van der Waals surface area contributed by atoms with Gasteiger partial charge in [-0.05, 0) is 53.5 Å². The molecule has 0 fully saturated rings. The zero-order chi connectivity index (χ0) is 19.1. The summed E-state index contributed by atoms with van der Waals surface area (Å²) in [5.74, 6) is 0.550. The van der Waals surface area contributed by atoms with Crippen LogP contribution in [-0.2, 0) is 11.2 Å². The van der Waals surface area contributed by atoms with E-state index in [-0.39, 0.29) is 5.57 Å². The van der Waals surface area contributed by atoms with Crippen LogP contribution in [0.3, 0.4) is 0 Å². The highest BCUT2D eigenvalue weighted by molar-refractivity contribution is 6.20. The van der Waals surface area contributed by atoms with Crippen molar-refractivity contribution in [1.82, 2.24) is 0 Å². The van der Waals surface area contributed by atoms with Crippen molar-refractivity contribution in [2.75, 3.05) is 0 Å². The monoisotopic (exact) mass is 358 g/mol. The lowest BCUT2D eigenvalue weighted by molar-refractivity contribution is -0.130. The predicted molar refractivity (Wildman–Crippen MR) is 109 cm³/mol. The number of benzene rings is 3. The first kappa shape index (κ1) is 18.5. The quantitative estimate of drug-likeness (QED) is 0.413. The number of hydrogen-bond donors (Lipinski definition) is 1. The molecule has 136 valence electrons. The summed E-state index contributed by atoms with van der Waals surface area (Å²) >= 11 is 0. The molecule has 0 aromatic heterocycles. The van der Waals surface area contributed by atoms with Crippen molar-refractivity contribution < 1.29 is 14.6 Å². The fraction of sp³-hybridized carbons (Fsp3) is 0.125. The molecule has 3 aromatic carbocycles. The molecule has 0 spiro atoms. The van der Waals surface area contributed by atoms with Gasteiger partial charge in [0.2, 0.25) is 0 Å². The second-order valence-corrected chi connectivity index (χ2v) is 6.29. The number of carboxylic acid groups (broad SMARTS) is 1. The van der Waals surface area contributed by atoms with Crippen LogP contribution in [0.25, 0.3) is 11.6 Å². The van der Waals surface area contributed by atoms with E-state index in [0.29, 0.717) is 11.3 Å². The van der Waals surface area contributed by atoms with Crippen molar-refractivity contribution in [2.24, 2.45) is 0 Å². The minimum absolute atomic E-state index is 0.260. The number of carboxylic acids is 1. The average molecular weight is 358 g/mol. The number of rotatable bonds is 7. The Balaban J connectivity index is 1.75. The lowest BCUT2D eigenvalue weighted by Crippen LogP contribution is -1.99. The van der Waals surface area contributed by atoms with Gasteiger partial charge in [0, 0.05) is 0 Å². The molecule has 0 atom stereocenters. The normalized spacial score (nSPS) is 11.2. The first-order valence-electron chi connectivity index (χ1n) is 9.03. The van der Waals surface area contributed by atoms with Gasteiger partial charge in [-0.2, -0.15) is 0 Å². The molecule has 0 amide bonds. The minimum Gasteiger partial charge on any atom is -0.478 e. The number of ether oxygens (including phenoxy) is 1. The molecule has 0 aliphatic rings. The Morgan fingerprint density at radius 2 is 1.48 bits per heavy atom. The van der Waals surface area contributed by atoms with Crippen LogP contribution in [0.2, 0.25) is 0 Å². The zero-order valence-electron chi connectivity index (χ0n) is 15.3. The van der Waals surface area contributed by atoms with Crippen molar-refractivity contribution in [2.45, 2.75) is 19.8 Å². The number of aliphatic carboxylic acids is 1. The number of aryl methyl sites for hydroxylation is 1. The molecule has 3 heteroatoms. The minimum atomic E-state index is -0.950. The molecule has 1 N–H and O–H groups in total. The molecule has 0 bridgehead atoms. The van der Waals surface area contributed by atoms with Crippen LogP contribution in [0.15, 0.2) is 78.9 Å². The van der Waals surface area contributed by atoms with Gasteiger partial charge in [0.25, 0.3) is 0 Å². The van der Waals surface area contributed by atoms with E-state index in [9.17, 15) is 9.90 Å². The van der Waals surface area contributed by atoms with Crippen molar-refractivity contribution in [3.8, 4) is 11.5 Å². The highest BCUT2D eigenvalue weighted by Gasteiger charge is 2.10. The summed E-state index contributed by atoms with van der Waals surface area (Å²) in [6.07, 6.45) is 3.85. The Hall–Kier alpha value is -3.33. The van der Waals surface area contributed by atoms with Crippen LogP contribution in [0.1, 0.15) is 30.0 Å². The van der Waals surface area contributed by atoms with Gasteiger partial charge in [-0.25, -0.2) is 4.79 Å². The van der Waals surface area contributed by atoms with E-state index >= 15 is 0 Å². The molecule has 0 radical (unpaired) electrons. The van der Waals surface area contributed by atoms with Gasteiger partial charge in [0.15, 0.2) is 0 Å². The largest absolute Gasteiger partial charge is 0.478 e. The van der Waals surface area contributed by atoms with Crippen molar-refractivity contribution in [3.05, 3.63) is 95.6 Å². The van der Waals surface area contributed by atoms with Gasteiger partial charge < -0.3 is 9.84 Å². The predicted octanol–water partition coefficient (Wildman–Crippen LogP) is 6.06. The van der Waals surface area contributed by atoms with Crippen molar-refractivity contribution in [1.29, 1.82) is 0 Å². The van der Waals surface area contributed by atoms with Gasteiger partial charge in [0.1, 0.15) is 11.5 Å². The van der Waals surface area contributed by atoms with E-state index in [0.717, 1.165) is 24.2 Å². The van der Waals surface area contributed by atoms with Gasteiger partial charge in [0.05, 0.1) is 5.57 Å². The van der Waals surface area contributed by atoms with Crippen LogP contribution in [0, 0.1) is 0 Å². The Labute approximate surface area is 159 Å². The number of carbonyl (C=O) groups is 1. The first-order chi connectivity index (χ1) is 13.2. The summed E-state index contributed by atoms with van der Waals surface area (Å²) in [6, 6.07) is 24.6. The molecule has 0 saturated heterocycles. The third-order valence-electron chi connectivity index (χ3n) is 4.20. The molecule has 3 nitrogen and oxygen atoms in total.